The van der Waals surface area contributed by atoms with Crippen molar-refractivity contribution in [3.63, 3.8) is 0 Å². The second-order valence-electron chi connectivity index (χ2n) is 3.77. The molecule has 1 aromatic carbocycles. The van der Waals surface area contributed by atoms with Gasteiger partial charge in [-0.1, -0.05) is 19.1 Å². The van der Waals surface area contributed by atoms with Gasteiger partial charge in [-0.15, -0.1) is 0 Å². The van der Waals surface area contributed by atoms with Gasteiger partial charge in [0, 0.05) is 11.5 Å². The number of phenolic OH excluding ortho intramolecular Hbond substituents is 1. The second kappa shape index (κ2) is 2.23. The summed E-state index contributed by atoms with van der Waals surface area (Å²) in [7, 11) is 0. The normalized spacial score (nSPS) is 33.3. The van der Waals surface area contributed by atoms with E-state index < -0.39 is 0 Å². The Morgan fingerprint density at radius 1 is 1.42 bits per heavy atom. The Kier molecular flexibility index (Phi) is 1.42. The van der Waals surface area contributed by atoms with Gasteiger partial charge in [0.1, 0.15) is 5.75 Å². The van der Waals surface area contributed by atoms with E-state index in [2.05, 4.69) is 6.92 Å². The van der Waals surface area contributed by atoms with Crippen molar-refractivity contribution < 1.29 is 5.11 Å². The molecule has 1 aromatic rings. The fourth-order valence-corrected chi connectivity index (χ4v) is 1.57. The van der Waals surface area contributed by atoms with E-state index >= 15 is 0 Å². The topological polar surface area (TPSA) is 46.2 Å². The van der Waals surface area contributed by atoms with Gasteiger partial charge in [0.2, 0.25) is 0 Å². The molecule has 2 atom stereocenters. The molecular formula is C10H13NO. The Labute approximate surface area is 72.0 Å². The Bertz CT molecular complexity index is 293. The molecule has 64 valence electrons. The quantitative estimate of drug-likeness (QED) is 0.657. The number of hydrogen-bond donors (Lipinski definition) is 2. The summed E-state index contributed by atoms with van der Waals surface area (Å²) < 4.78 is 0. The first-order chi connectivity index (χ1) is 5.63. The van der Waals surface area contributed by atoms with Gasteiger partial charge in [0.25, 0.3) is 0 Å². The molecule has 0 radical (unpaired) electrons. The molecule has 0 aromatic heterocycles. The fourth-order valence-electron chi connectivity index (χ4n) is 1.57. The van der Waals surface area contributed by atoms with Crippen LogP contribution in [0.15, 0.2) is 24.3 Å². The minimum Gasteiger partial charge on any atom is -0.508 e. The molecule has 1 saturated carbocycles. The van der Waals surface area contributed by atoms with Crippen LogP contribution in [0.4, 0.5) is 0 Å². The monoisotopic (exact) mass is 163 g/mol. The van der Waals surface area contributed by atoms with E-state index in [0.29, 0.717) is 11.8 Å². The van der Waals surface area contributed by atoms with Crippen LogP contribution in [0.5, 0.6) is 5.75 Å². The van der Waals surface area contributed by atoms with Crippen LogP contribution in [0.1, 0.15) is 18.9 Å². The van der Waals surface area contributed by atoms with Crippen LogP contribution in [-0.2, 0) is 5.41 Å². The number of aromatic hydroxyl groups is 1. The number of phenols is 1. The van der Waals surface area contributed by atoms with Gasteiger partial charge < -0.3 is 10.8 Å². The molecule has 0 heterocycles. The molecule has 0 aliphatic heterocycles. The Balaban J connectivity index is 2.31. The first-order valence-electron chi connectivity index (χ1n) is 4.18. The molecule has 0 amide bonds. The predicted molar refractivity (Wildman–Crippen MR) is 48.1 cm³/mol. The second-order valence-corrected chi connectivity index (χ2v) is 3.77. The van der Waals surface area contributed by atoms with Crippen LogP contribution in [-0.4, -0.2) is 11.1 Å². The summed E-state index contributed by atoms with van der Waals surface area (Å²) in [6.45, 7) is 2.16. The molecule has 2 nitrogen and oxygen atoms in total. The highest BCUT2D eigenvalue weighted by molar-refractivity contribution is 5.37. The van der Waals surface area contributed by atoms with Crippen LogP contribution < -0.4 is 5.73 Å². The van der Waals surface area contributed by atoms with Crippen LogP contribution in [0.3, 0.4) is 0 Å². The summed E-state index contributed by atoms with van der Waals surface area (Å²) in [5, 5.41) is 9.08. The van der Waals surface area contributed by atoms with E-state index in [1.165, 1.54) is 5.56 Å². The molecule has 0 spiro atoms. The molecule has 0 saturated heterocycles. The van der Waals surface area contributed by atoms with Crippen LogP contribution >= 0.6 is 0 Å². The summed E-state index contributed by atoms with van der Waals surface area (Å²) in [6, 6.07) is 7.61. The molecule has 2 heteroatoms. The standard InChI is InChI=1S/C10H13NO/c1-10(6-9(10)11)7-2-4-8(12)5-3-7/h2-5,9,12H,6,11H2,1H3/t9-,10?/m1/s1. The van der Waals surface area contributed by atoms with Crippen LogP contribution in [0, 0.1) is 0 Å². The first kappa shape index (κ1) is 7.62. The smallest absolute Gasteiger partial charge is 0.115 e. The highest BCUT2D eigenvalue weighted by atomic mass is 16.3. The summed E-state index contributed by atoms with van der Waals surface area (Å²) in [5.74, 6) is 0.316. The van der Waals surface area contributed by atoms with Crippen molar-refractivity contribution >= 4 is 0 Å². The molecular weight excluding hydrogens is 150 g/mol. The van der Waals surface area contributed by atoms with Crippen LogP contribution in [0.2, 0.25) is 0 Å². The molecule has 3 N–H and O–H groups in total. The Morgan fingerprint density at radius 2 is 1.92 bits per heavy atom. The van der Waals surface area contributed by atoms with E-state index in [-0.39, 0.29) is 5.41 Å². The Morgan fingerprint density at radius 3 is 2.33 bits per heavy atom. The van der Waals surface area contributed by atoms with Crippen molar-refractivity contribution in [3.05, 3.63) is 29.8 Å². The average Bonchev–Trinajstić information content (AvgIpc) is 2.62. The molecule has 2 rings (SSSR count). The zero-order valence-electron chi connectivity index (χ0n) is 7.12. The SMILES string of the molecule is CC1(c2ccc(O)cc2)C[C@H]1N. The molecule has 1 unspecified atom stereocenters. The van der Waals surface area contributed by atoms with E-state index in [9.17, 15) is 0 Å². The van der Waals surface area contributed by atoms with Gasteiger partial charge in [-0.3, -0.25) is 0 Å². The molecule has 1 fully saturated rings. The summed E-state index contributed by atoms with van der Waals surface area (Å²) >= 11 is 0. The van der Waals surface area contributed by atoms with Gasteiger partial charge in [-0.05, 0) is 24.1 Å². The maximum atomic E-state index is 9.08. The maximum absolute atomic E-state index is 9.08. The van der Waals surface area contributed by atoms with E-state index in [1.807, 2.05) is 12.1 Å². The van der Waals surface area contributed by atoms with Gasteiger partial charge in [-0.2, -0.15) is 0 Å². The number of benzene rings is 1. The first-order valence-corrected chi connectivity index (χ1v) is 4.18. The lowest BCUT2D eigenvalue weighted by Crippen LogP contribution is -2.14. The molecule has 1 aliphatic rings. The molecule has 12 heavy (non-hydrogen) atoms. The third-order valence-corrected chi connectivity index (χ3v) is 2.83. The zero-order valence-corrected chi connectivity index (χ0v) is 7.12. The van der Waals surface area contributed by atoms with Crippen molar-refractivity contribution in [2.45, 2.75) is 24.8 Å². The van der Waals surface area contributed by atoms with E-state index in [4.69, 9.17) is 10.8 Å². The lowest BCUT2D eigenvalue weighted by Gasteiger charge is -2.09. The number of rotatable bonds is 1. The van der Waals surface area contributed by atoms with Gasteiger partial charge >= 0.3 is 0 Å². The highest BCUT2D eigenvalue weighted by Crippen LogP contribution is 2.46. The van der Waals surface area contributed by atoms with Gasteiger partial charge in [0.15, 0.2) is 0 Å². The summed E-state index contributed by atoms with van der Waals surface area (Å²) in [4.78, 5) is 0. The van der Waals surface area contributed by atoms with Crippen molar-refractivity contribution in [1.82, 2.24) is 0 Å². The number of nitrogens with two attached hydrogens (primary N) is 1. The fraction of sp³-hybridized carbons (Fsp3) is 0.400. The largest absolute Gasteiger partial charge is 0.508 e. The van der Waals surface area contributed by atoms with E-state index in [0.717, 1.165) is 6.42 Å². The summed E-state index contributed by atoms with van der Waals surface area (Å²) in [6.07, 6.45) is 1.05. The van der Waals surface area contributed by atoms with Crippen molar-refractivity contribution in [2.24, 2.45) is 5.73 Å². The van der Waals surface area contributed by atoms with Gasteiger partial charge in [0.05, 0.1) is 0 Å². The third-order valence-electron chi connectivity index (χ3n) is 2.83. The van der Waals surface area contributed by atoms with Crippen molar-refractivity contribution in [3.8, 4) is 5.75 Å². The average molecular weight is 163 g/mol. The summed E-state index contributed by atoms with van der Waals surface area (Å²) in [5.41, 5.74) is 7.20. The minimum absolute atomic E-state index is 0.160. The third kappa shape index (κ3) is 0.994. The van der Waals surface area contributed by atoms with Crippen molar-refractivity contribution in [1.29, 1.82) is 0 Å². The lowest BCUT2D eigenvalue weighted by atomic mass is 9.97. The number of hydrogen-bond acceptors (Lipinski definition) is 2. The van der Waals surface area contributed by atoms with Crippen LogP contribution in [0.25, 0.3) is 0 Å². The minimum atomic E-state index is 0.160. The molecule has 1 aliphatic carbocycles. The lowest BCUT2D eigenvalue weighted by molar-refractivity contribution is 0.475. The maximum Gasteiger partial charge on any atom is 0.115 e. The van der Waals surface area contributed by atoms with Crippen molar-refractivity contribution in [2.75, 3.05) is 0 Å². The zero-order chi connectivity index (χ0) is 8.77. The highest BCUT2D eigenvalue weighted by Gasteiger charge is 2.48. The Hall–Kier alpha value is -1.02. The van der Waals surface area contributed by atoms with E-state index in [1.54, 1.807) is 12.1 Å². The molecule has 0 bridgehead atoms. The predicted octanol–water partition coefficient (Wildman–Crippen LogP) is 1.38. The van der Waals surface area contributed by atoms with Gasteiger partial charge in [-0.25, -0.2) is 0 Å².